The van der Waals surface area contributed by atoms with Crippen molar-refractivity contribution in [1.82, 2.24) is 24.3 Å². The summed E-state index contributed by atoms with van der Waals surface area (Å²) >= 11 is 0. The third-order valence-corrected chi connectivity index (χ3v) is 4.73. The Morgan fingerprint density at radius 1 is 1.26 bits per heavy atom. The number of nitrogens with zero attached hydrogens (tertiary/aromatic N) is 4. The van der Waals surface area contributed by atoms with E-state index in [1.54, 1.807) is 49.6 Å². The summed E-state index contributed by atoms with van der Waals surface area (Å²) in [5.74, 6) is 0. The van der Waals surface area contributed by atoms with Gasteiger partial charge in [0, 0.05) is 20.3 Å². The molecule has 0 radical (unpaired) electrons. The molecule has 8 heteroatoms. The zero-order valence-corrected chi connectivity index (χ0v) is 12.2. The fourth-order valence-corrected chi connectivity index (χ4v) is 3.39. The maximum absolute atomic E-state index is 12.3. The first-order valence-electron chi connectivity index (χ1n) is 5.79. The second kappa shape index (κ2) is 4.78. The minimum atomic E-state index is -3.57. The molecule has 0 spiro atoms. The van der Waals surface area contributed by atoms with Crippen molar-refractivity contribution in [2.75, 3.05) is 0 Å². The molecule has 19 heavy (non-hydrogen) atoms. The van der Waals surface area contributed by atoms with Gasteiger partial charge in [0.2, 0.25) is 10.0 Å². The molecule has 2 rings (SSSR count). The number of hydrogen-bond donors (Lipinski definition) is 1. The Hall–Kier alpha value is -1.67. The van der Waals surface area contributed by atoms with Crippen LogP contribution in [0.15, 0.2) is 17.2 Å². The standard InChI is InChI=1S/C11H17N5O2S/c1-8-11(9(2)15(3)14-8)19(17,18)13-7-10-5-6-12-16(10)4/h5-6,13H,7H2,1-4H3. The molecule has 7 nitrogen and oxygen atoms in total. The predicted molar refractivity (Wildman–Crippen MR) is 69.9 cm³/mol. The molecule has 0 aliphatic heterocycles. The Kier molecular flexibility index (Phi) is 3.46. The zero-order chi connectivity index (χ0) is 14.2. The molecule has 1 N–H and O–H groups in total. The number of sulfonamides is 1. The monoisotopic (exact) mass is 283 g/mol. The Morgan fingerprint density at radius 3 is 2.42 bits per heavy atom. The van der Waals surface area contributed by atoms with E-state index in [4.69, 9.17) is 0 Å². The second-order valence-corrected chi connectivity index (χ2v) is 6.10. The van der Waals surface area contributed by atoms with Crippen LogP contribution in [0.5, 0.6) is 0 Å². The molecule has 0 amide bonds. The highest BCUT2D eigenvalue weighted by Gasteiger charge is 2.23. The van der Waals surface area contributed by atoms with Gasteiger partial charge in [-0.25, -0.2) is 13.1 Å². The van der Waals surface area contributed by atoms with E-state index in [1.807, 2.05) is 0 Å². The van der Waals surface area contributed by atoms with Gasteiger partial charge in [0.25, 0.3) is 0 Å². The SMILES string of the molecule is Cc1nn(C)c(C)c1S(=O)(=O)NCc1ccnn1C. The lowest BCUT2D eigenvalue weighted by atomic mass is 10.4. The van der Waals surface area contributed by atoms with Crippen molar-refractivity contribution in [2.45, 2.75) is 25.3 Å². The third kappa shape index (κ3) is 2.54. The molecule has 0 atom stereocenters. The van der Waals surface area contributed by atoms with Gasteiger partial charge in [-0.15, -0.1) is 0 Å². The van der Waals surface area contributed by atoms with Crippen molar-refractivity contribution >= 4 is 10.0 Å². The summed E-state index contributed by atoms with van der Waals surface area (Å²) in [6.45, 7) is 3.62. The van der Waals surface area contributed by atoms with E-state index in [0.717, 1.165) is 5.69 Å². The number of nitrogens with one attached hydrogen (secondary N) is 1. The summed E-state index contributed by atoms with van der Waals surface area (Å²) in [5, 5.41) is 8.11. The van der Waals surface area contributed by atoms with Crippen molar-refractivity contribution < 1.29 is 8.42 Å². The van der Waals surface area contributed by atoms with Crippen LogP contribution in [-0.4, -0.2) is 28.0 Å². The van der Waals surface area contributed by atoms with E-state index < -0.39 is 10.0 Å². The fraction of sp³-hybridized carbons (Fsp3) is 0.455. The molecule has 0 bridgehead atoms. The van der Waals surface area contributed by atoms with Gasteiger partial charge in [-0.05, 0) is 19.9 Å². The lowest BCUT2D eigenvalue weighted by Gasteiger charge is -2.07. The third-order valence-electron chi connectivity index (χ3n) is 3.08. The maximum atomic E-state index is 12.3. The molecule has 0 aliphatic rings. The molecule has 2 aromatic heterocycles. The van der Waals surface area contributed by atoms with Gasteiger partial charge < -0.3 is 0 Å². The van der Waals surface area contributed by atoms with Crippen molar-refractivity contribution in [2.24, 2.45) is 14.1 Å². The summed E-state index contributed by atoms with van der Waals surface area (Å²) in [5.41, 5.74) is 1.91. The molecule has 2 heterocycles. The molecule has 0 fully saturated rings. The van der Waals surface area contributed by atoms with Gasteiger partial charge in [0.05, 0.1) is 23.6 Å². The lowest BCUT2D eigenvalue weighted by molar-refractivity contribution is 0.575. The average molecular weight is 283 g/mol. The highest BCUT2D eigenvalue weighted by atomic mass is 32.2. The topological polar surface area (TPSA) is 81.8 Å². The molecule has 0 saturated heterocycles. The normalized spacial score (nSPS) is 12.0. The summed E-state index contributed by atoms with van der Waals surface area (Å²) in [6, 6.07) is 1.77. The van der Waals surface area contributed by atoms with E-state index >= 15 is 0 Å². The highest BCUT2D eigenvalue weighted by molar-refractivity contribution is 7.89. The van der Waals surface area contributed by atoms with Gasteiger partial charge in [0.15, 0.2) is 0 Å². The first-order chi connectivity index (χ1) is 8.83. The second-order valence-electron chi connectivity index (χ2n) is 4.39. The van der Waals surface area contributed by atoms with E-state index in [0.29, 0.717) is 11.4 Å². The van der Waals surface area contributed by atoms with E-state index in [2.05, 4.69) is 14.9 Å². The molecule has 0 aliphatic carbocycles. The van der Waals surface area contributed by atoms with Crippen molar-refractivity contribution in [3.63, 3.8) is 0 Å². The zero-order valence-electron chi connectivity index (χ0n) is 11.4. The summed E-state index contributed by atoms with van der Waals surface area (Å²) < 4.78 is 30.4. The number of aromatic nitrogens is 4. The molecule has 104 valence electrons. The first kappa shape index (κ1) is 13.8. The Balaban J connectivity index is 2.26. The van der Waals surface area contributed by atoms with Crippen LogP contribution in [-0.2, 0) is 30.7 Å². The summed E-state index contributed by atoms with van der Waals surface area (Å²) in [7, 11) is -0.0753. The minimum Gasteiger partial charge on any atom is -0.271 e. The molecule has 0 unspecified atom stereocenters. The van der Waals surface area contributed by atoms with Gasteiger partial charge in [0.1, 0.15) is 4.90 Å². The molecular weight excluding hydrogens is 266 g/mol. The molecule has 0 aromatic carbocycles. The smallest absolute Gasteiger partial charge is 0.244 e. The van der Waals surface area contributed by atoms with Crippen LogP contribution < -0.4 is 4.72 Å². The first-order valence-corrected chi connectivity index (χ1v) is 7.28. The number of aryl methyl sites for hydroxylation is 3. The minimum absolute atomic E-state index is 0.201. The molecule has 2 aromatic rings. The quantitative estimate of drug-likeness (QED) is 0.872. The van der Waals surface area contributed by atoms with Gasteiger partial charge in [-0.3, -0.25) is 9.36 Å². The van der Waals surface area contributed by atoms with E-state index in [1.165, 1.54) is 0 Å². The van der Waals surface area contributed by atoms with Crippen molar-refractivity contribution in [3.8, 4) is 0 Å². The Bertz CT molecular complexity index is 699. The molecular formula is C11H17N5O2S. The van der Waals surface area contributed by atoms with Gasteiger partial charge in [-0.2, -0.15) is 10.2 Å². The van der Waals surface area contributed by atoms with E-state index in [-0.39, 0.29) is 11.4 Å². The summed E-state index contributed by atoms with van der Waals surface area (Å²) in [6.07, 6.45) is 1.63. The predicted octanol–water partition coefficient (Wildman–Crippen LogP) is 0.249. The number of hydrogen-bond acceptors (Lipinski definition) is 4. The number of rotatable bonds is 4. The van der Waals surface area contributed by atoms with Crippen LogP contribution >= 0.6 is 0 Å². The van der Waals surface area contributed by atoms with Crippen LogP contribution in [0.2, 0.25) is 0 Å². The summed E-state index contributed by atoms with van der Waals surface area (Å²) in [4.78, 5) is 0.247. The van der Waals surface area contributed by atoms with Crippen LogP contribution in [0, 0.1) is 13.8 Å². The Morgan fingerprint density at radius 2 is 1.95 bits per heavy atom. The van der Waals surface area contributed by atoms with Crippen molar-refractivity contribution in [1.29, 1.82) is 0 Å². The maximum Gasteiger partial charge on any atom is 0.244 e. The Labute approximate surface area is 112 Å². The fourth-order valence-electron chi connectivity index (χ4n) is 1.96. The van der Waals surface area contributed by atoms with Crippen LogP contribution in [0.25, 0.3) is 0 Å². The van der Waals surface area contributed by atoms with Crippen molar-refractivity contribution in [3.05, 3.63) is 29.3 Å². The van der Waals surface area contributed by atoms with Gasteiger partial charge in [-0.1, -0.05) is 0 Å². The molecule has 0 saturated carbocycles. The van der Waals surface area contributed by atoms with Crippen LogP contribution in [0.4, 0.5) is 0 Å². The van der Waals surface area contributed by atoms with Crippen LogP contribution in [0.3, 0.4) is 0 Å². The van der Waals surface area contributed by atoms with E-state index in [9.17, 15) is 8.42 Å². The van der Waals surface area contributed by atoms with Gasteiger partial charge >= 0.3 is 0 Å². The van der Waals surface area contributed by atoms with Crippen LogP contribution in [0.1, 0.15) is 17.1 Å². The lowest BCUT2D eigenvalue weighted by Crippen LogP contribution is -2.25. The average Bonchev–Trinajstić information content (AvgIpc) is 2.82. The highest BCUT2D eigenvalue weighted by Crippen LogP contribution is 2.18. The largest absolute Gasteiger partial charge is 0.271 e.